The largest absolute Gasteiger partial charge is 0.465 e. The second-order valence-electron chi connectivity index (χ2n) is 6.48. The molecule has 0 atom stereocenters. The van der Waals surface area contributed by atoms with Crippen molar-refractivity contribution in [3.63, 3.8) is 0 Å². The Morgan fingerprint density at radius 2 is 1.90 bits per heavy atom. The molecule has 0 fully saturated rings. The molecule has 0 radical (unpaired) electrons. The van der Waals surface area contributed by atoms with Crippen LogP contribution in [0, 0.1) is 13.8 Å². The summed E-state index contributed by atoms with van der Waals surface area (Å²) in [5.41, 5.74) is 2.84. The number of hydrogen-bond acceptors (Lipinski definition) is 6. The van der Waals surface area contributed by atoms with Gasteiger partial charge < -0.3 is 9.15 Å². The molecule has 7 nitrogen and oxygen atoms in total. The molecule has 2 heterocycles. The number of carbonyl (C=O) groups is 1. The van der Waals surface area contributed by atoms with Gasteiger partial charge in [0.05, 0.1) is 6.26 Å². The smallest absolute Gasteiger partial charge is 0.362 e. The minimum atomic E-state index is -0.599. The number of ether oxygens (including phenoxy) is 1. The number of nitrogens with zero attached hydrogens (tertiary/aromatic N) is 4. The van der Waals surface area contributed by atoms with Crippen molar-refractivity contribution in [3.8, 4) is 17.1 Å². The van der Waals surface area contributed by atoms with E-state index in [1.807, 2.05) is 56.3 Å². The molecule has 0 unspecified atom stereocenters. The Bertz CT molecular complexity index is 1160. The Kier molecular flexibility index (Phi) is 5.03. The summed E-state index contributed by atoms with van der Waals surface area (Å²) in [5, 5.41) is 11.8. The summed E-state index contributed by atoms with van der Waals surface area (Å²) in [6.45, 7) is 3.87. The molecule has 0 aliphatic rings. The van der Waals surface area contributed by atoms with Gasteiger partial charge in [-0.15, -0.1) is 5.10 Å². The van der Waals surface area contributed by atoms with Crippen molar-refractivity contribution in [1.82, 2.24) is 20.2 Å². The lowest BCUT2D eigenvalue weighted by atomic mass is 10.1. The number of aromatic nitrogens is 4. The van der Waals surface area contributed by atoms with Crippen LogP contribution in [-0.2, 0) is 4.79 Å². The molecule has 0 saturated heterocycles. The molecule has 7 heteroatoms. The number of benzene rings is 2. The second kappa shape index (κ2) is 7.93. The normalized spacial score (nSPS) is 11.4. The standard InChI is InChI=1S/C22H18N4O3/c1-15-10-11-20(16(2)13-15)29-22(27)19(14-18-9-6-12-28-18)26-21(23-24-25-26)17-7-4-3-5-8-17/h3-14H,1-2H3. The Labute approximate surface area is 167 Å². The molecule has 4 aromatic rings. The highest BCUT2D eigenvalue weighted by Crippen LogP contribution is 2.24. The zero-order chi connectivity index (χ0) is 20.2. The maximum absolute atomic E-state index is 13.1. The summed E-state index contributed by atoms with van der Waals surface area (Å²) in [4.78, 5) is 13.1. The van der Waals surface area contributed by atoms with Crippen LogP contribution >= 0.6 is 0 Å². The first-order chi connectivity index (χ1) is 14.1. The Morgan fingerprint density at radius 3 is 2.62 bits per heavy atom. The summed E-state index contributed by atoms with van der Waals surface area (Å²) < 4.78 is 12.4. The fourth-order valence-corrected chi connectivity index (χ4v) is 2.90. The number of aryl methyl sites for hydroxylation is 2. The molecule has 0 N–H and O–H groups in total. The highest BCUT2D eigenvalue weighted by Gasteiger charge is 2.22. The molecule has 29 heavy (non-hydrogen) atoms. The van der Waals surface area contributed by atoms with Gasteiger partial charge in [0.15, 0.2) is 11.5 Å². The number of esters is 1. The van der Waals surface area contributed by atoms with E-state index in [4.69, 9.17) is 9.15 Å². The first kappa shape index (κ1) is 18.4. The molecular formula is C22H18N4O3. The van der Waals surface area contributed by atoms with Crippen molar-refractivity contribution in [3.05, 3.63) is 83.8 Å². The lowest BCUT2D eigenvalue weighted by molar-refractivity contribution is -0.128. The molecule has 0 spiro atoms. The van der Waals surface area contributed by atoms with Gasteiger partial charge in [-0.25, -0.2) is 4.79 Å². The van der Waals surface area contributed by atoms with E-state index in [1.54, 1.807) is 24.3 Å². The van der Waals surface area contributed by atoms with Crippen molar-refractivity contribution < 1.29 is 13.9 Å². The molecule has 0 saturated carbocycles. The summed E-state index contributed by atoms with van der Waals surface area (Å²) in [7, 11) is 0. The third-order valence-electron chi connectivity index (χ3n) is 4.29. The van der Waals surface area contributed by atoms with Gasteiger partial charge in [-0.1, -0.05) is 48.0 Å². The topological polar surface area (TPSA) is 83.0 Å². The van der Waals surface area contributed by atoms with Gasteiger partial charge in [-0.3, -0.25) is 0 Å². The van der Waals surface area contributed by atoms with Crippen LogP contribution < -0.4 is 4.74 Å². The molecular weight excluding hydrogens is 368 g/mol. The fourth-order valence-electron chi connectivity index (χ4n) is 2.90. The zero-order valence-corrected chi connectivity index (χ0v) is 15.9. The molecule has 2 aromatic carbocycles. The summed E-state index contributed by atoms with van der Waals surface area (Å²) >= 11 is 0. The van der Waals surface area contributed by atoms with Gasteiger partial charge in [0, 0.05) is 11.6 Å². The first-order valence-corrected chi connectivity index (χ1v) is 9.00. The maximum atomic E-state index is 13.1. The Morgan fingerprint density at radius 1 is 1.07 bits per heavy atom. The molecule has 144 valence electrons. The van der Waals surface area contributed by atoms with Crippen LogP contribution in [0.4, 0.5) is 0 Å². The van der Waals surface area contributed by atoms with Gasteiger partial charge in [0.2, 0.25) is 0 Å². The number of rotatable bonds is 5. The fraction of sp³-hybridized carbons (Fsp3) is 0.0909. The number of hydrogen-bond donors (Lipinski definition) is 0. The third-order valence-corrected chi connectivity index (χ3v) is 4.29. The maximum Gasteiger partial charge on any atom is 0.362 e. The van der Waals surface area contributed by atoms with Crippen molar-refractivity contribution in [2.24, 2.45) is 0 Å². The van der Waals surface area contributed by atoms with E-state index in [1.165, 1.54) is 10.9 Å². The van der Waals surface area contributed by atoms with Crippen LogP contribution in [0.2, 0.25) is 0 Å². The van der Waals surface area contributed by atoms with Crippen LogP contribution in [-0.4, -0.2) is 26.2 Å². The Balaban J connectivity index is 1.76. The van der Waals surface area contributed by atoms with Gasteiger partial charge in [-0.2, -0.15) is 4.68 Å². The molecule has 0 amide bonds. The van der Waals surface area contributed by atoms with Crippen molar-refractivity contribution in [1.29, 1.82) is 0 Å². The quantitative estimate of drug-likeness (QED) is 0.291. The minimum absolute atomic E-state index is 0.128. The Hall–Kier alpha value is -4.00. The van der Waals surface area contributed by atoms with E-state index >= 15 is 0 Å². The van der Waals surface area contributed by atoms with Gasteiger partial charge >= 0.3 is 5.97 Å². The summed E-state index contributed by atoms with van der Waals surface area (Å²) in [6, 6.07) is 18.4. The molecule has 0 bridgehead atoms. The van der Waals surface area contributed by atoms with E-state index in [0.717, 1.165) is 16.7 Å². The summed E-state index contributed by atoms with van der Waals surface area (Å²) in [6.07, 6.45) is 3.07. The average Bonchev–Trinajstić information content (AvgIpc) is 3.40. The van der Waals surface area contributed by atoms with Crippen LogP contribution in [0.3, 0.4) is 0 Å². The van der Waals surface area contributed by atoms with Gasteiger partial charge in [-0.05, 0) is 48.0 Å². The summed E-state index contributed by atoms with van der Waals surface area (Å²) in [5.74, 6) is 0.770. The van der Waals surface area contributed by atoms with E-state index in [2.05, 4.69) is 15.5 Å². The zero-order valence-electron chi connectivity index (χ0n) is 15.9. The third kappa shape index (κ3) is 3.98. The van der Waals surface area contributed by atoms with Crippen LogP contribution in [0.1, 0.15) is 16.9 Å². The highest BCUT2D eigenvalue weighted by molar-refractivity contribution is 6.16. The number of tetrazole rings is 1. The van der Waals surface area contributed by atoms with Gasteiger partial charge in [0.25, 0.3) is 0 Å². The number of furan rings is 1. The lowest BCUT2D eigenvalue weighted by Gasteiger charge is -2.11. The molecule has 2 aromatic heterocycles. The van der Waals surface area contributed by atoms with Crippen LogP contribution in [0.15, 0.2) is 71.3 Å². The molecule has 4 rings (SSSR count). The monoisotopic (exact) mass is 386 g/mol. The second-order valence-corrected chi connectivity index (χ2v) is 6.48. The lowest BCUT2D eigenvalue weighted by Crippen LogP contribution is -2.17. The number of carbonyl (C=O) groups excluding carboxylic acids is 1. The van der Waals surface area contributed by atoms with Crippen molar-refractivity contribution in [2.45, 2.75) is 13.8 Å². The molecule has 0 aliphatic carbocycles. The first-order valence-electron chi connectivity index (χ1n) is 9.00. The van der Waals surface area contributed by atoms with Gasteiger partial charge in [0.1, 0.15) is 11.5 Å². The minimum Gasteiger partial charge on any atom is -0.465 e. The predicted molar refractivity (Wildman–Crippen MR) is 108 cm³/mol. The van der Waals surface area contributed by atoms with E-state index < -0.39 is 5.97 Å². The van der Waals surface area contributed by atoms with Crippen LogP contribution in [0.5, 0.6) is 5.75 Å². The highest BCUT2D eigenvalue weighted by atomic mass is 16.5. The predicted octanol–water partition coefficient (Wildman–Crippen LogP) is 4.15. The van der Waals surface area contributed by atoms with E-state index in [9.17, 15) is 4.79 Å². The van der Waals surface area contributed by atoms with E-state index in [-0.39, 0.29) is 5.70 Å². The SMILES string of the molecule is Cc1ccc(OC(=O)C(=Cc2ccco2)n2nnnc2-c2ccccc2)c(C)c1. The van der Waals surface area contributed by atoms with Crippen LogP contribution in [0.25, 0.3) is 23.2 Å². The molecule has 0 aliphatic heterocycles. The average molecular weight is 386 g/mol. The van der Waals surface area contributed by atoms with Crippen molar-refractivity contribution in [2.75, 3.05) is 0 Å². The van der Waals surface area contributed by atoms with Crippen molar-refractivity contribution >= 4 is 17.7 Å². The van der Waals surface area contributed by atoms with E-state index in [0.29, 0.717) is 17.3 Å².